The second-order valence-corrected chi connectivity index (χ2v) is 8.94. The molecule has 34 heavy (non-hydrogen) atoms. The second kappa shape index (κ2) is 9.80. The SMILES string of the molecule is CCN(CC)c1ccc([C@H]2C(C(=O)OC)=C(C)N=c3s/c(=C/c4ccn(CC)n4)c(=O)n32)cc1. The number of nitrogens with zero attached hydrogens (tertiary/aromatic N) is 5. The van der Waals surface area contributed by atoms with Gasteiger partial charge in [-0.05, 0) is 57.5 Å². The van der Waals surface area contributed by atoms with Gasteiger partial charge in [-0.1, -0.05) is 23.5 Å². The minimum absolute atomic E-state index is 0.207. The van der Waals surface area contributed by atoms with E-state index in [0.29, 0.717) is 26.3 Å². The van der Waals surface area contributed by atoms with E-state index in [1.165, 1.54) is 18.4 Å². The maximum absolute atomic E-state index is 13.6. The van der Waals surface area contributed by atoms with Crippen molar-refractivity contribution in [2.24, 2.45) is 4.99 Å². The van der Waals surface area contributed by atoms with E-state index in [1.807, 2.05) is 48.1 Å². The summed E-state index contributed by atoms with van der Waals surface area (Å²) in [5.74, 6) is -0.491. The summed E-state index contributed by atoms with van der Waals surface area (Å²) in [5, 5.41) is 4.46. The first-order valence-electron chi connectivity index (χ1n) is 11.4. The lowest BCUT2D eigenvalue weighted by Crippen LogP contribution is -2.39. The van der Waals surface area contributed by atoms with Gasteiger partial charge in [-0.3, -0.25) is 14.0 Å². The first-order valence-corrected chi connectivity index (χ1v) is 12.2. The van der Waals surface area contributed by atoms with Crippen LogP contribution in [-0.2, 0) is 16.1 Å². The lowest BCUT2D eigenvalue weighted by Gasteiger charge is -2.26. The van der Waals surface area contributed by atoms with Gasteiger partial charge in [-0.2, -0.15) is 5.10 Å². The monoisotopic (exact) mass is 479 g/mol. The lowest BCUT2D eigenvalue weighted by molar-refractivity contribution is -0.136. The molecule has 9 heteroatoms. The van der Waals surface area contributed by atoms with Gasteiger partial charge in [0.1, 0.15) is 0 Å². The Labute approximate surface area is 202 Å². The highest BCUT2D eigenvalue weighted by Crippen LogP contribution is 2.31. The van der Waals surface area contributed by atoms with Gasteiger partial charge in [-0.25, -0.2) is 9.79 Å². The number of benzene rings is 1. The molecule has 0 aliphatic carbocycles. The van der Waals surface area contributed by atoms with Gasteiger partial charge in [0, 0.05) is 31.5 Å². The molecule has 1 aromatic carbocycles. The van der Waals surface area contributed by atoms with E-state index in [0.717, 1.165) is 30.9 Å². The van der Waals surface area contributed by atoms with Gasteiger partial charge in [-0.15, -0.1) is 0 Å². The molecule has 4 rings (SSSR count). The Morgan fingerprint density at radius 3 is 2.47 bits per heavy atom. The first kappa shape index (κ1) is 23.7. The number of aryl methyl sites for hydroxylation is 1. The van der Waals surface area contributed by atoms with Crippen LogP contribution in [0.15, 0.2) is 57.6 Å². The van der Waals surface area contributed by atoms with Crippen LogP contribution in [0.4, 0.5) is 5.69 Å². The molecule has 0 saturated heterocycles. The van der Waals surface area contributed by atoms with Crippen molar-refractivity contribution >= 4 is 29.1 Å². The highest BCUT2D eigenvalue weighted by atomic mass is 32.1. The van der Waals surface area contributed by atoms with Gasteiger partial charge < -0.3 is 9.64 Å². The summed E-state index contributed by atoms with van der Waals surface area (Å²) < 4.78 is 9.01. The van der Waals surface area contributed by atoms with E-state index in [4.69, 9.17) is 4.74 Å². The molecule has 8 nitrogen and oxygen atoms in total. The highest BCUT2D eigenvalue weighted by Gasteiger charge is 2.33. The van der Waals surface area contributed by atoms with Gasteiger partial charge in [0.05, 0.1) is 34.6 Å². The maximum Gasteiger partial charge on any atom is 0.338 e. The molecule has 1 atom stereocenters. The lowest BCUT2D eigenvalue weighted by atomic mass is 9.95. The zero-order valence-corrected chi connectivity index (χ0v) is 20.9. The molecule has 0 amide bonds. The third kappa shape index (κ3) is 4.23. The predicted molar refractivity (Wildman–Crippen MR) is 134 cm³/mol. The van der Waals surface area contributed by atoms with Gasteiger partial charge >= 0.3 is 5.97 Å². The molecule has 0 unspecified atom stereocenters. The van der Waals surface area contributed by atoms with Crippen molar-refractivity contribution in [3.63, 3.8) is 0 Å². The van der Waals surface area contributed by atoms with Crippen LogP contribution in [0.1, 0.15) is 45.0 Å². The Kier molecular flexibility index (Phi) is 6.83. The Bertz CT molecular complexity index is 1410. The number of aromatic nitrogens is 3. The van der Waals surface area contributed by atoms with Gasteiger partial charge in [0.2, 0.25) is 0 Å². The van der Waals surface area contributed by atoms with E-state index < -0.39 is 12.0 Å². The average molecular weight is 480 g/mol. The summed E-state index contributed by atoms with van der Waals surface area (Å²) in [6.45, 7) is 10.6. The van der Waals surface area contributed by atoms with Crippen LogP contribution in [-0.4, -0.2) is 40.5 Å². The van der Waals surface area contributed by atoms with Crippen molar-refractivity contribution in [1.82, 2.24) is 14.3 Å². The number of carbonyl (C=O) groups is 1. The number of ether oxygens (including phenoxy) is 1. The quantitative estimate of drug-likeness (QED) is 0.487. The number of anilines is 1. The normalized spacial score (nSPS) is 15.8. The van der Waals surface area contributed by atoms with Crippen LogP contribution in [0.25, 0.3) is 6.08 Å². The number of allylic oxidation sites excluding steroid dienone is 1. The largest absolute Gasteiger partial charge is 0.466 e. The standard InChI is InChI=1S/C25H29N5O3S/c1-6-28(7-2)19-11-9-17(10-12-19)22-21(24(32)33-5)16(4)26-25-30(22)23(31)20(34-25)15-18-13-14-29(8-3)27-18/h9-15,22H,6-8H2,1-5H3/b20-15+/t22-/m0/s1. The zero-order valence-electron chi connectivity index (χ0n) is 20.1. The fourth-order valence-electron chi connectivity index (χ4n) is 4.23. The first-order chi connectivity index (χ1) is 16.4. The van der Waals surface area contributed by atoms with E-state index in [9.17, 15) is 9.59 Å². The fraction of sp³-hybridized carbons (Fsp3) is 0.360. The van der Waals surface area contributed by atoms with Gasteiger partial charge in [0.15, 0.2) is 4.80 Å². The summed E-state index contributed by atoms with van der Waals surface area (Å²) in [7, 11) is 1.35. The minimum atomic E-state index is -0.621. The molecule has 1 aliphatic rings. The number of thiazole rings is 1. The molecule has 1 aliphatic heterocycles. The third-order valence-electron chi connectivity index (χ3n) is 6.03. The Hall–Kier alpha value is -3.46. The number of rotatable bonds is 7. The molecule has 0 saturated carbocycles. The van der Waals surface area contributed by atoms with Crippen LogP contribution < -0.4 is 19.8 Å². The molecule has 2 aromatic heterocycles. The highest BCUT2D eigenvalue weighted by molar-refractivity contribution is 7.07. The smallest absolute Gasteiger partial charge is 0.338 e. The van der Waals surface area contributed by atoms with Crippen LogP contribution in [0.5, 0.6) is 0 Å². The summed E-state index contributed by atoms with van der Waals surface area (Å²) >= 11 is 1.30. The van der Waals surface area contributed by atoms with Crippen molar-refractivity contribution in [2.45, 2.75) is 40.3 Å². The number of fused-ring (bicyclic) bond motifs is 1. The van der Waals surface area contributed by atoms with Crippen LogP contribution in [0.3, 0.4) is 0 Å². The molecule has 3 aromatic rings. The summed E-state index contributed by atoms with van der Waals surface area (Å²) in [6.07, 6.45) is 3.65. The molecule has 178 valence electrons. The topological polar surface area (TPSA) is 81.7 Å². The molecule has 0 radical (unpaired) electrons. The van der Waals surface area contributed by atoms with Crippen molar-refractivity contribution in [3.05, 3.63) is 78.7 Å². The number of hydrogen-bond donors (Lipinski definition) is 0. The number of methoxy groups -OCH3 is 1. The van der Waals surface area contributed by atoms with E-state index in [-0.39, 0.29) is 5.56 Å². The average Bonchev–Trinajstić information content (AvgIpc) is 3.43. The zero-order chi connectivity index (χ0) is 24.4. The number of hydrogen-bond acceptors (Lipinski definition) is 7. The van der Waals surface area contributed by atoms with Crippen molar-refractivity contribution in [2.75, 3.05) is 25.1 Å². The molecular weight excluding hydrogens is 450 g/mol. The van der Waals surface area contributed by atoms with Gasteiger partial charge in [0.25, 0.3) is 5.56 Å². The Morgan fingerprint density at radius 2 is 1.88 bits per heavy atom. The minimum Gasteiger partial charge on any atom is -0.466 e. The number of carbonyl (C=O) groups excluding carboxylic acids is 1. The molecule has 0 N–H and O–H groups in total. The number of esters is 1. The van der Waals surface area contributed by atoms with E-state index >= 15 is 0 Å². The molecular formula is C25H29N5O3S. The molecule has 0 spiro atoms. The van der Waals surface area contributed by atoms with Crippen molar-refractivity contribution in [3.8, 4) is 0 Å². The summed E-state index contributed by atoms with van der Waals surface area (Å²) in [4.78, 5) is 33.8. The fourth-order valence-corrected chi connectivity index (χ4v) is 5.26. The Balaban J connectivity index is 1.89. The van der Waals surface area contributed by atoms with Crippen LogP contribution in [0.2, 0.25) is 0 Å². The predicted octanol–water partition coefficient (Wildman–Crippen LogP) is 2.47. The van der Waals surface area contributed by atoms with Crippen LogP contribution in [0, 0.1) is 0 Å². The third-order valence-corrected chi connectivity index (χ3v) is 7.01. The second-order valence-electron chi connectivity index (χ2n) is 7.93. The van der Waals surface area contributed by atoms with E-state index in [1.54, 1.807) is 17.6 Å². The van der Waals surface area contributed by atoms with Crippen molar-refractivity contribution in [1.29, 1.82) is 0 Å². The maximum atomic E-state index is 13.6. The molecule has 0 fully saturated rings. The molecule has 0 bridgehead atoms. The van der Waals surface area contributed by atoms with Crippen molar-refractivity contribution < 1.29 is 9.53 Å². The molecule has 3 heterocycles. The summed E-state index contributed by atoms with van der Waals surface area (Å²) in [5.41, 5.74) is 3.33. The summed E-state index contributed by atoms with van der Waals surface area (Å²) in [6, 6.07) is 9.25. The van der Waals surface area contributed by atoms with E-state index in [2.05, 4.69) is 28.8 Å². The Morgan fingerprint density at radius 1 is 1.18 bits per heavy atom. The van der Waals surface area contributed by atoms with Crippen LogP contribution >= 0.6 is 11.3 Å².